The number of aromatic nitrogens is 4. The van der Waals surface area contributed by atoms with Gasteiger partial charge in [0.15, 0.2) is 5.82 Å². The van der Waals surface area contributed by atoms with E-state index in [2.05, 4.69) is 20.5 Å². The van der Waals surface area contributed by atoms with Crippen LogP contribution in [0.1, 0.15) is 0 Å². The Balaban J connectivity index is 2.51. The van der Waals surface area contributed by atoms with E-state index in [0.29, 0.717) is 15.9 Å². The second kappa shape index (κ2) is 4.01. The van der Waals surface area contributed by atoms with Crippen molar-refractivity contribution in [3.8, 4) is 5.82 Å². The molecule has 2 aromatic heterocycles. The fraction of sp³-hybridized carbons (Fsp3) is 0. The summed E-state index contributed by atoms with van der Waals surface area (Å²) in [5.41, 5.74) is 2.32. The first-order valence-corrected chi connectivity index (χ1v) is 4.66. The summed E-state index contributed by atoms with van der Waals surface area (Å²) in [7, 11) is 0. The lowest BCUT2D eigenvalue weighted by molar-refractivity contribution is 0.840. The molecule has 15 heavy (non-hydrogen) atoms. The van der Waals surface area contributed by atoms with E-state index < -0.39 is 0 Å². The molecule has 0 atom stereocenters. The van der Waals surface area contributed by atoms with Gasteiger partial charge in [0.1, 0.15) is 5.02 Å². The third-order valence-electron chi connectivity index (χ3n) is 1.62. The second-order valence-electron chi connectivity index (χ2n) is 2.61. The van der Waals surface area contributed by atoms with E-state index >= 15 is 0 Å². The Morgan fingerprint density at radius 2 is 2.13 bits per heavy atom. The van der Waals surface area contributed by atoms with Crippen LogP contribution in [0.4, 0.5) is 5.95 Å². The zero-order valence-electron chi connectivity index (χ0n) is 7.35. The number of hydrazine groups is 1. The molecule has 78 valence electrons. The van der Waals surface area contributed by atoms with Crippen LogP contribution in [-0.4, -0.2) is 19.7 Å². The minimum Gasteiger partial charge on any atom is -0.292 e. The first kappa shape index (κ1) is 10.2. The Hall–Kier alpha value is -1.37. The molecular weight excluding hydrogens is 239 g/mol. The summed E-state index contributed by atoms with van der Waals surface area (Å²) in [6.07, 6.45) is 4.49. The summed E-state index contributed by atoms with van der Waals surface area (Å²) < 4.78 is 1.44. The Bertz CT molecular complexity index is 482. The first-order chi connectivity index (χ1) is 7.20. The van der Waals surface area contributed by atoms with Gasteiger partial charge in [-0.25, -0.2) is 15.5 Å². The van der Waals surface area contributed by atoms with Crippen molar-refractivity contribution in [3.05, 3.63) is 28.6 Å². The number of nitrogens with zero attached hydrogens (tertiary/aromatic N) is 4. The standard InChI is InChI=1S/C7H6Cl2N6/c8-4-1-12-15(3-4)6-5(9)2-11-7(13-6)14-10/h1-3H,10H2,(H,11,13,14). The summed E-state index contributed by atoms with van der Waals surface area (Å²) in [6, 6.07) is 0. The quantitative estimate of drug-likeness (QED) is 0.614. The molecule has 2 rings (SSSR count). The molecule has 0 bridgehead atoms. The Morgan fingerprint density at radius 1 is 1.33 bits per heavy atom. The highest BCUT2D eigenvalue weighted by Gasteiger charge is 2.08. The molecule has 3 N–H and O–H groups in total. The van der Waals surface area contributed by atoms with E-state index in [1.807, 2.05) is 0 Å². The number of anilines is 1. The highest BCUT2D eigenvalue weighted by Crippen LogP contribution is 2.19. The zero-order chi connectivity index (χ0) is 10.8. The van der Waals surface area contributed by atoms with Crippen molar-refractivity contribution in [2.75, 3.05) is 5.43 Å². The van der Waals surface area contributed by atoms with Crippen LogP contribution < -0.4 is 11.3 Å². The van der Waals surface area contributed by atoms with Crippen molar-refractivity contribution in [1.82, 2.24) is 19.7 Å². The molecule has 0 aliphatic rings. The summed E-state index contributed by atoms with van der Waals surface area (Å²) in [6.45, 7) is 0. The predicted molar refractivity (Wildman–Crippen MR) is 57.0 cm³/mol. The van der Waals surface area contributed by atoms with E-state index in [-0.39, 0.29) is 5.95 Å². The topological polar surface area (TPSA) is 81.6 Å². The van der Waals surface area contributed by atoms with Gasteiger partial charge in [0.25, 0.3) is 0 Å². The average Bonchev–Trinajstić information content (AvgIpc) is 2.65. The summed E-state index contributed by atoms with van der Waals surface area (Å²) in [5, 5.41) is 4.81. The Kier molecular flexibility index (Phi) is 2.72. The first-order valence-electron chi connectivity index (χ1n) is 3.90. The molecule has 8 heteroatoms. The molecule has 0 spiro atoms. The van der Waals surface area contributed by atoms with Crippen LogP contribution in [0.25, 0.3) is 5.82 Å². The fourth-order valence-corrected chi connectivity index (χ4v) is 1.32. The lowest BCUT2D eigenvalue weighted by Crippen LogP contribution is -2.12. The second-order valence-corrected chi connectivity index (χ2v) is 3.46. The van der Waals surface area contributed by atoms with Crippen LogP contribution in [0.3, 0.4) is 0 Å². The van der Waals surface area contributed by atoms with Crippen LogP contribution >= 0.6 is 23.2 Å². The highest BCUT2D eigenvalue weighted by molar-refractivity contribution is 6.32. The Labute approximate surface area is 95.0 Å². The molecule has 6 nitrogen and oxygen atoms in total. The summed E-state index contributed by atoms with van der Waals surface area (Å²) in [5.74, 6) is 5.84. The van der Waals surface area contributed by atoms with Gasteiger partial charge >= 0.3 is 0 Å². The van der Waals surface area contributed by atoms with E-state index in [1.54, 1.807) is 6.20 Å². The third kappa shape index (κ3) is 2.01. The van der Waals surface area contributed by atoms with Crippen LogP contribution in [0.5, 0.6) is 0 Å². The van der Waals surface area contributed by atoms with E-state index in [1.165, 1.54) is 17.1 Å². The molecule has 0 radical (unpaired) electrons. The van der Waals surface area contributed by atoms with Gasteiger partial charge in [-0.3, -0.25) is 5.43 Å². The lowest BCUT2D eigenvalue weighted by atomic mass is 10.5. The molecule has 0 amide bonds. The molecule has 0 unspecified atom stereocenters. The minimum absolute atomic E-state index is 0.251. The summed E-state index contributed by atoms with van der Waals surface area (Å²) >= 11 is 11.6. The van der Waals surface area contributed by atoms with E-state index in [0.717, 1.165) is 0 Å². The largest absolute Gasteiger partial charge is 0.292 e. The van der Waals surface area contributed by atoms with E-state index in [9.17, 15) is 0 Å². The van der Waals surface area contributed by atoms with Crippen LogP contribution in [0.2, 0.25) is 10.0 Å². The number of rotatable bonds is 2. The van der Waals surface area contributed by atoms with Crippen molar-refractivity contribution in [1.29, 1.82) is 0 Å². The van der Waals surface area contributed by atoms with Gasteiger partial charge in [-0.2, -0.15) is 10.1 Å². The molecule has 0 saturated heterocycles. The number of nitrogens with two attached hydrogens (primary N) is 1. The molecule has 2 aromatic rings. The van der Waals surface area contributed by atoms with Gasteiger partial charge < -0.3 is 0 Å². The minimum atomic E-state index is 0.251. The molecular formula is C7H6Cl2N6. The molecule has 0 aromatic carbocycles. The SMILES string of the molecule is NNc1ncc(Cl)c(-n2cc(Cl)cn2)n1. The average molecular weight is 245 g/mol. The molecule has 0 aliphatic heterocycles. The van der Waals surface area contributed by atoms with Crippen molar-refractivity contribution >= 4 is 29.2 Å². The van der Waals surface area contributed by atoms with Crippen molar-refractivity contribution in [3.63, 3.8) is 0 Å². The lowest BCUT2D eigenvalue weighted by Gasteiger charge is -2.04. The van der Waals surface area contributed by atoms with Gasteiger partial charge in [0.2, 0.25) is 5.95 Å². The van der Waals surface area contributed by atoms with Crippen molar-refractivity contribution in [2.45, 2.75) is 0 Å². The van der Waals surface area contributed by atoms with Gasteiger partial charge in [0, 0.05) is 0 Å². The van der Waals surface area contributed by atoms with E-state index in [4.69, 9.17) is 29.0 Å². The van der Waals surface area contributed by atoms with Crippen molar-refractivity contribution in [2.24, 2.45) is 5.84 Å². The predicted octanol–water partition coefficient (Wildman–Crippen LogP) is 1.25. The number of hydrogen-bond donors (Lipinski definition) is 2. The maximum absolute atomic E-state index is 5.90. The number of halogens is 2. The van der Waals surface area contributed by atoms with Crippen LogP contribution in [-0.2, 0) is 0 Å². The molecule has 0 aliphatic carbocycles. The number of nitrogen functional groups attached to an aromatic ring is 1. The van der Waals surface area contributed by atoms with Crippen LogP contribution in [0, 0.1) is 0 Å². The van der Waals surface area contributed by atoms with Gasteiger partial charge in [-0.05, 0) is 0 Å². The highest BCUT2D eigenvalue weighted by atomic mass is 35.5. The normalized spacial score (nSPS) is 10.3. The van der Waals surface area contributed by atoms with Gasteiger partial charge in [0.05, 0.1) is 23.6 Å². The monoisotopic (exact) mass is 244 g/mol. The maximum Gasteiger partial charge on any atom is 0.239 e. The molecule has 0 fully saturated rings. The molecule has 2 heterocycles. The van der Waals surface area contributed by atoms with Gasteiger partial charge in [-0.1, -0.05) is 23.2 Å². The number of hydrogen-bond acceptors (Lipinski definition) is 5. The summed E-state index contributed by atoms with van der Waals surface area (Å²) in [4.78, 5) is 7.87. The third-order valence-corrected chi connectivity index (χ3v) is 2.08. The smallest absolute Gasteiger partial charge is 0.239 e. The Morgan fingerprint density at radius 3 is 2.73 bits per heavy atom. The van der Waals surface area contributed by atoms with Crippen molar-refractivity contribution < 1.29 is 0 Å². The van der Waals surface area contributed by atoms with Crippen LogP contribution in [0.15, 0.2) is 18.6 Å². The maximum atomic E-state index is 5.90. The fourth-order valence-electron chi connectivity index (χ4n) is 1.01. The zero-order valence-corrected chi connectivity index (χ0v) is 8.87. The molecule has 0 saturated carbocycles. The van der Waals surface area contributed by atoms with Gasteiger partial charge in [-0.15, -0.1) is 0 Å². The number of nitrogens with one attached hydrogen (secondary N) is 1.